The van der Waals surface area contributed by atoms with Crippen LogP contribution in [0.25, 0.3) is 0 Å². The van der Waals surface area contributed by atoms with Gasteiger partial charge in [0, 0.05) is 0 Å². The summed E-state index contributed by atoms with van der Waals surface area (Å²) >= 11 is 0. The van der Waals surface area contributed by atoms with Crippen molar-refractivity contribution in [3.05, 3.63) is 107 Å². The summed E-state index contributed by atoms with van der Waals surface area (Å²) in [6.45, 7) is 0.554. The van der Waals surface area contributed by atoms with Gasteiger partial charge in [-0.1, -0.05) is 84.9 Å². The van der Waals surface area contributed by atoms with E-state index in [1.165, 1.54) is 11.1 Å². The first-order chi connectivity index (χ1) is 13.8. The molecule has 0 fully saturated rings. The zero-order valence-corrected chi connectivity index (χ0v) is 15.9. The molecule has 3 aromatic rings. The first kappa shape index (κ1) is 18.5. The molecule has 3 nitrogen and oxygen atoms in total. The van der Waals surface area contributed by atoms with E-state index in [0.717, 1.165) is 24.0 Å². The van der Waals surface area contributed by atoms with Gasteiger partial charge in [-0.2, -0.15) is 0 Å². The van der Waals surface area contributed by atoms with Crippen molar-refractivity contribution in [3.63, 3.8) is 0 Å². The van der Waals surface area contributed by atoms with Gasteiger partial charge in [-0.05, 0) is 35.1 Å². The van der Waals surface area contributed by atoms with Crippen molar-refractivity contribution in [2.75, 3.05) is 0 Å². The number of carbonyl (C=O) groups is 1. The second-order valence-electron chi connectivity index (χ2n) is 7.28. The van der Waals surface area contributed by atoms with E-state index in [1.54, 1.807) is 0 Å². The lowest BCUT2D eigenvalue weighted by Crippen LogP contribution is -2.41. The lowest BCUT2D eigenvalue weighted by atomic mass is 9.85. The van der Waals surface area contributed by atoms with Gasteiger partial charge in [0.15, 0.2) is 0 Å². The molecule has 1 aliphatic carbocycles. The molecule has 0 bridgehead atoms. The molecule has 0 saturated carbocycles. The number of hydrogen-bond donors (Lipinski definition) is 1. The molecule has 2 atom stereocenters. The van der Waals surface area contributed by atoms with E-state index in [2.05, 4.69) is 35.6 Å². The Bertz CT molecular complexity index is 908. The van der Waals surface area contributed by atoms with Crippen molar-refractivity contribution in [2.24, 2.45) is 0 Å². The molecule has 0 saturated heterocycles. The minimum Gasteiger partial charge on any atom is -0.371 e. The van der Waals surface area contributed by atoms with E-state index < -0.39 is 0 Å². The van der Waals surface area contributed by atoms with E-state index in [0.29, 0.717) is 13.0 Å². The normalized spacial score (nSPS) is 18.3. The second kappa shape index (κ2) is 8.85. The smallest absolute Gasteiger partial charge is 0.224 e. The molecule has 4 rings (SSSR count). The van der Waals surface area contributed by atoms with E-state index in [4.69, 9.17) is 4.74 Å². The minimum atomic E-state index is -0.120. The summed E-state index contributed by atoms with van der Waals surface area (Å²) in [7, 11) is 0. The average molecular weight is 371 g/mol. The molecule has 0 radical (unpaired) electrons. The van der Waals surface area contributed by atoms with Crippen molar-refractivity contribution < 1.29 is 9.53 Å². The molecule has 0 unspecified atom stereocenters. The molecular formula is C25H25NO2. The monoisotopic (exact) mass is 371 g/mol. The fraction of sp³-hybridized carbons (Fsp3) is 0.240. The van der Waals surface area contributed by atoms with Crippen LogP contribution in [-0.4, -0.2) is 12.0 Å². The predicted octanol–water partition coefficient (Wildman–Crippen LogP) is 4.62. The molecule has 3 heteroatoms. The van der Waals surface area contributed by atoms with Crippen LogP contribution in [0.4, 0.5) is 0 Å². The number of benzene rings is 3. The van der Waals surface area contributed by atoms with Crippen LogP contribution in [0.3, 0.4) is 0 Å². The predicted molar refractivity (Wildman–Crippen MR) is 111 cm³/mol. The molecule has 3 aromatic carbocycles. The van der Waals surface area contributed by atoms with Crippen LogP contribution in [0.15, 0.2) is 84.9 Å². The third-order valence-corrected chi connectivity index (χ3v) is 5.29. The third-order valence-electron chi connectivity index (χ3n) is 5.29. The molecule has 0 aliphatic heterocycles. The molecular weight excluding hydrogens is 346 g/mol. The van der Waals surface area contributed by atoms with Crippen LogP contribution in [0, 0.1) is 0 Å². The van der Waals surface area contributed by atoms with Gasteiger partial charge < -0.3 is 10.1 Å². The van der Waals surface area contributed by atoms with Crippen LogP contribution in [-0.2, 0) is 29.0 Å². The number of nitrogens with one attached hydrogen (secondary N) is 1. The Labute approximate surface area is 166 Å². The topological polar surface area (TPSA) is 38.3 Å². The largest absolute Gasteiger partial charge is 0.371 e. The van der Waals surface area contributed by atoms with Gasteiger partial charge >= 0.3 is 0 Å². The summed E-state index contributed by atoms with van der Waals surface area (Å²) in [5, 5.41) is 3.25. The number of fused-ring (bicyclic) bond motifs is 1. The fourth-order valence-corrected chi connectivity index (χ4v) is 3.86. The number of carbonyl (C=O) groups excluding carboxylic acids is 1. The van der Waals surface area contributed by atoms with E-state index in [1.807, 2.05) is 54.6 Å². The van der Waals surface area contributed by atoms with Crippen molar-refractivity contribution in [1.29, 1.82) is 0 Å². The Morgan fingerprint density at radius 2 is 1.50 bits per heavy atom. The zero-order chi connectivity index (χ0) is 19.2. The quantitative estimate of drug-likeness (QED) is 0.687. The molecule has 1 aliphatic rings. The summed E-state index contributed by atoms with van der Waals surface area (Å²) in [4.78, 5) is 12.7. The molecule has 28 heavy (non-hydrogen) atoms. The standard InChI is InChI=1S/C25H25NO2/c27-24(17-19-9-3-1-4-10-19)26-25-22-14-8-7-13-21(22)15-16-23(25)28-18-20-11-5-2-6-12-20/h1-14,23,25H,15-18H2,(H,26,27)/t23-,25-/m1/s1. The van der Waals surface area contributed by atoms with Crippen molar-refractivity contribution in [2.45, 2.75) is 38.0 Å². The molecule has 1 amide bonds. The molecule has 1 N–H and O–H groups in total. The number of hydrogen-bond acceptors (Lipinski definition) is 2. The lowest BCUT2D eigenvalue weighted by molar-refractivity contribution is -0.122. The van der Waals surface area contributed by atoms with E-state index >= 15 is 0 Å². The highest BCUT2D eigenvalue weighted by Crippen LogP contribution is 2.32. The van der Waals surface area contributed by atoms with Gasteiger partial charge in [0.05, 0.1) is 25.2 Å². The maximum atomic E-state index is 12.7. The highest BCUT2D eigenvalue weighted by molar-refractivity contribution is 5.79. The number of amides is 1. The van der Waals surface area contributed by atoms with Gasteiger partial charge in [-0.3, -0.25) is 4.79 Å². The molecule has 0 heterocycles. The zero-order valence-electron chi connectivity index (χ0n) is 15.9. The summed E-state index contributed by atoms with van der Waals surface area (Å²) in [5.41, 5.74) is 4.64. The highest BCUT2D eigenvalue weighted by Gasteiger charge is 2.31. The van der Waals surface area contributed by atoms with Crippen LogP contribution in [0.1, 0.15) is 34.7 Å². The van der Waals surface area contributed by atoms with E-state index in [-0.39, 0.29) is 18.1 Å². The Balaban J connectivity index is 1.49. The van der Waals surface area contributed by atoms with Crippen LogP contribution >= 0.6 is 0 Å². The number of rotatable bonds is 6. The van der Waals surface area contributed by atoms with Gasteiger partial charge in [-0.25, -0.2) is 0 Å². The Morgan fingerprint density at radius 3 is 2.25 bits per heavy atom. The SMILES string of the molecule is O=C(Cc1ccccc1)N[C@@H]1c2ccccc2CC[C@H]1OCc1ccccc1. The Hall–Kier alpha value is -2.91. The number of aryl methyl sites for hydroxylation is 1. The van der Waals surface area contributed by atoms with Crippen molar-refractivity contribution in [3.8, 4) is 0 Å². The maximum Gasteiger partial charge on any atom is 0.224 e. The van der Waals surface area contributed by atoms with E-state index in [9.17, 15) is 4.79 Å². The third kappa shape index (κ3) is 4.49. The summed E-state index contributed by atoms with van der Waals surface area (Å²) in [6.07, 6.45) is 2.22. The average Bonchev–Trinajstić information content (AvgIpc) is 2.74. The first-order valence-electron chi connectivity index (χ1n) is 9.86. The lowest BCUT2D eigenvalue weighted by Gasteiger charge is -2.34. The van der Waals surface area contributed by atoms with Crippen molar-refractivity contribution >= 4 is 5.91 Å². The van der Waals surface area contributed by atoms with Gasteiger partial charge in [0.1, 0.15) is 0 Å². The molecule has 0 aromatic heterocycles. The Morgan fingerprint density at radius 1 is 0.857 bits per heavy atom. The molecule has 142 valence electrons. The van der Waals surface area contributed by atoms with Crippen molar-refractivity contribution in [1.82, 2.24) is 5.32 Å². The molecule has 0 spiro atoms. The first-order valence-corrected chi connectivity index (χ1v) is 9.86. The van der Waals surface area contributed by atoms with Crippen LogP contribution in [0.5, 0.6) is 0 Å². The highest BCUT2D eigenvalue weighted by atomic mass is 16.5. The summed E-state index contributed by atoms with van der Waals surface area (Å²) < 4.78 is 6.27. The van der Waals surface area contributed by atoms with Crippen LogP contribution in [0.2, 0.25) is 0 Å². The summed E-state index contributed by atoms with van der Waals surface area (Å²) in [6, 6.07) is 28.3. The van der Waals surface area contributed by atoms with Crippen LogP contribution < -0.4 is 5.32 Å². The van der Waals surface area contributed by atoms with Gasteiger partial charge in [0.2, 0.25) is 5.91 Å². The fourth-order valence-electron chi connectivity index (χ4n) is 3.86. The second-order valence-corrected chi connectivity index (χ2v) is 7.28. The number of ether oxygens (including phenoxy) is 1. The van der Waals surface area contributed by atoms with Gasteiger partial charge in [-0.15, -0.1) is 0 Å². The van der Waals surface area contributed by atoms with Gasteiger partial charge in [0.25, 0.3) is 0 Å². The summed E-state index contributed by atoms with van der Waals surface area (Å²) in [5.74, 6) is 0.0289. The maximum absolute atomic E-state index is 12.7. The Kier molecular flexibility index (Phi) is 5.83. The minimum absolute atomic E-state index is 0.0289.